The second-order valence-electron chi connectivity index (χ2n) is 6.52. The summed E-state index contributed by atoms with van der Waals surface area (Å²) in [5.74, 6) is 1.66. The summed E-state index contributed by atoms with van der Waals surface area (Å²) in [5, 5.41) is 15.3. The van der Waals surface area contributed by atoms with Crippen molar-refractivity contribution < 1.29 is 9.52 Å². The summed E-state index contributed by atoms with van der Waals surface area (Å²) in [4.78, 5) is 12.4. The normalized spacial score (nSPS) is 12.8. The molecule has 7 nitrogen and oxygen atoms in total. The molecule has 0 aromatic carbocycles. The lowest BCUT2D eigenvalue weighted by atomic mass is 10.1. The fourth-order valence-electron chi connectivity index (χ4n) is 3.33. The minimum atomic E-state index is -0.194. The lowest BCUT2D eigenvalue weighted by molar-refractivity contribution is 0.214. The summed E-state index contributed by atoms with van der Waals surface area (Å²) in [6.45, 7) is 5.75. The van der Waals surface area contributed by atoms with Gasteiger partial charge in [-0.05, 0) is 42.8 Å². The predicted molar refractivity (Wildman–Crippen MR) is 108 cm³/mol. The number of likely N-dealkylation sites (N-methyl/N-ethyl adjacent to an activating group) is 1. The molecule has 0 aliphatic rings. The van der Waals surface area contributed by atoms with Gasteiger partial charge in [0.15, 0.2) is 5.82 Å². The van der Waals surface area contributed by atoms with Gasteiger partial charge in [0.2, 0.25) is 10.8 Å². The second-order valence-corrected chi connectivity index (χ2v) is 7.53. The third-order valence-corrected chi connectivity index (χ3v) is 5.90. The Morgan fingerprint density at radius 2 is 2.07 bits per heavy atom. The Balaban J connectivity index is 1.68. The lowest BCUT2D eigenvalue weighted by Crippen LogP contribution is -2.31. The van der Waals surface area contributed by atoms with Gasteiger partial charge in [-0.15, -0.1) is 5.10 Å². The van der Waals surface area contributed by atoms with Gasteiger partial charge in [0.05, 0.1) is 11.1 Å². The van der Waals surface area contributed by atoms with Crippen molar-refractivity contribution in [1.29, 1.82) is 0 Å². The van der Waals surface area contributed by atoms with Gasteiger partial charge in [0.25, 0.3) is 0 Å². The fourth-order valence-corrected chi connectivity index (χ4v) is 4.45. The number of aromatic hydroxyl groups is 1. The lowest BCUT2D eigenvalue weighted by Gasteiger charge is -2.28. The maximum Gasteiger partial charge on any atom is 0.230 e. The van der Waals surface area contributed by atoms with Crippen LogP contribution >= 0.6 is 11.3 Å². The molecular weight excluding hydrogens is 374 g/mol. The van der Waals surface area contributed by atoms with Gasteiger partial charge in [-0.3, -0.25) is 9.88 Å². The van der Waals surface area contributed by atoms with E-state index in [1.54, 1.807) is 6.26 Å². The van der Waals surface area contributed by atoms with E-state index in [2.05, 4.69) is 26.9 Å². The van der Waals surface area contributed by atoms with Gasteiger partial charge in [0.1, 0.15) is 11.8 Å². The first-order valence-corrected chi connectivity index (χ1v) is 10.3. The number of fused-ring (bicyclic) bond motifs is 1. The number of thiazole rings is 1. The van der Waals surface area contributed by atoms with E-state index in [9.17, 15) is 5.11 Å². The number of hydrogen-bond acceptors (Lipinski definition) is 7. The molecule has 0 aliphatic carbocycles. The van der Waals surface area contributed by atoms with Gasteiger partial charge < -0.3 is 9.52 Å². The SMILES string of the molecule is CCc1nc2sc(C(c3ccco3)N(CC)CCc3ccncc3)c(O)n2n1. The van der Waals surface area contributed by atoms with Gasteiger partial charge in [-0.2, -0.15) is 4.52 Å². The maximum absolute atomic E-state index is 10.9. The highest BCUT2D eigenvalue weighted by molar-refractivity contribution is 7.17. The van der Waals surface area contributed by atoms with Crippen molar-refractivity contribution in [3.8, 4) is 5.88 Å². The molecule has 4 aromatic heterocycles. The van der Waals surface area contributed by atoms with Crippen molar-refractivity contribution in [2.75, 3.05) is 13.1 Å². The number of nitrogens with zero attached hydrogens (tertiary/aromatic N) is 5. The van der Waals surface area contributed by atoms with E-state index in [4.69, 9.17) is 4.42 Å². The van der Waals surface area contributed by atoms with E-state index < -0.39 is 0 Å². The average molecular weight is 398 g/mol. The molecule has 0 aliphatic heterocycles. The van der Waals surface area contributed by atoms with E-state index in [0.717, 1.165) is 42.4 Å². The topological polar surface area (TPSA) is 79.7 Å². The first kappa shape index (κ1) is 18.6. The van der Waals surface area contributed by atoms with Crippen LogP contribution in [0.5, 0.6) is 5.88 Å². The molecule has 4 aromatic rings. The molecule has 8 heteroatoms. The summed E-state index contributed by atoms with van der Waals surface area (Å²) in [6.07, 6.45) is 6.91. The van der Waals surface area contributed by atoms with Crippen LogP contribution in [0.15, 0.2) is 47.3 Å². The monoisotopic (exact) mass is 397 g/mol. The molecule has 0 amide bonds. The summed E-state index contributed by atoms with van der Waals surface area (Å²) in [6, 6.07) is 7.69. The quantitative estimate of drug-likeness (QED) is 0.488. The summed E-state index contributed by atoms with van der Waals surface area (Å²) in [7, 11) is 0. The van der Waals surface area contributed by atoms with Crippen LogP contribution in [0, 0.1) is 0 Å². The molecule has 0 radical (unpaired) electrons. The highest BCUT2D eigenvalue weighted by Crippen LogP contribution is 2.40. The first-order valence-electron chi connectivity index (χ1n) is 9.44. The molecule has 28 heavy (non-hydrogen) atoms. The first-order chi connectivity index (χ1) is 13.7. The minimum absolute atomic E-state index is 0.135. The maximum atomic E-state index is 10.9. The van der Waals surface area contributed by atoms with Gasteiger partial charge >= 0.3 is 0 Å². The summed E-state index contributed by atoms with van der Waals surface area (Å²) < 4.78 is 7.28. The molecule has 1 unspecified atom stereocenters. The van der Waals surface area contributed by atoms with Crippen molar-refractivity contribution in [2.24, 2.45) is 0 Å². The fraction of sp³-hybridized carbons (Fsp3) is 0.350. The molecule has 0 saturated heterocycles. The Labute approximate surface area is 167 Å². The van der Waals surface area contributed by atoms with Crippen LogP contribution in [0.2, 0.25) is 0 Å². The molecule has 0 saturated carbocycles. The zero-order chi connectivity index (χ0) is 19.5. The molecule has 0 fully saturated rings. The molecule has 0 bridgehead atoms. The van der Waals surface area contributed by atoms with Crippen LogP contribution in [-0.4, -0.2) is 42.7 Å². The number of aryl methyl sites for hydroxylation is 1. The zero-order valence-electron chi connectivity index (χ0n) is 15.9. The smallest absolute Gasteiger partial charge is 0.230 e. The van der Waals surface area contributed by atoms with Gasteiger partial charge in [-0.1, -0.05) is 25.2 Å². The molecule has 4 rings (SSSR count). The van der Waals surface area contributed by atoms with E-state index >= 15 is 0 Å². The Bertz CT molecular complexity index is 1030. The molecular formula is C20H23N5O2S. The van der Waals surface area contributed by atoms with Gasteiger partial charge in [0, 0.05) is 25.4 Å². The van der Waals surface area contributed by atoms with E-state index in [1.165, 1.54) is 21.4 Å². The Morgan fingerprint density at radius 3 is 2.71 bits per heavy atom. The Morgan fingerprint density at radius 1 is 1.25 bits per heavy atom. The number of pyridine rings is 1. The van der Waals surface area contributed by atoms with E-state index in [0.29, 0.717) is 4.96 Å². The van der Waals surface area contributed by atoms with Gasteiger partial charge in [-0.25, -0.2) is 4.98 Å². The highest BCUT2D eigenvalue weighted by Gasteiger charge is 2.30. The van der Waals surface area contributed by atoms with Crippen LogP contribution in [0.1, 0.15) is 41.9 Å². The molecule has 1 N–H and O–H groups in total. The molecule has 4 heterocycles. The van der Waals surface area contributed by atoms with Crippen molar-refractivity contribution >= 4 is 16.3 Å². The van der Waals surface area contributed by atoms with Crippen molar-refractivity contribution in [1.82, 2.24) is 24.5 Å². The summed E-state index contributed by atoms with van der Waals surface area (Å²) >= 11 is 1.46. The Hall–Kier alpha value is -2.71. The zero-order valence-corrected chi connectivity index (χ0v) is 16.8. The minimum Gasteiger partial charge on any atom is -0.492 e. The number of aromatic nitrogens is 4. The second kappa shape index (κ2) is 8.12. The molecule has 0 spiro atoms. The molecule has 1 atom stereocenters. The van der Waals surface area contributed by atoms with Crippen LogP contribution in [0.25, 0.3) is 4.96 Å². The van der Waals surface area contributed by atoms with Crippen molar-refractivity contribution in [3.05, 3.63) is 64.9 Å². The highest BCUT2D eigenvalue weighted by atomic mass is 32.1. The molecule has 146 valence electrons. The van der Waals surface area contributed by atoms with Crippen LogP contribution in [0.3, 0.4) is 0 Å². The number of hydrogen-bond donors (Lipinski definition) is 1. The number of furan rings is 1. The standard InChI is InChI=1S/C20H23N5O2S/c1-3-16-22-20-25(23-16)19(26)18(28-20)17(15-6-5-13-27-15)24(4-2)12-9-14-7-10-21-11-8-14/h5-8,10-11,13,17,26H,3-4,9,12H2,1-2H3. The van der Waals surface area contributed by atoms with Crippen LogP contribution in [0.4, 0.5) is 0 Å². The number of rotatable bonds is 8. The largest absolute Gasteiger partial charge is 0.492 e. The third kappa shape index (κ3) is 3.53. The summed E-state index contributed by atoms with van der Waals surface area (Å²) in [5.41, 5.74) is 1.23. The predicted octanol–water partition coefficient (Wildman–Crippen LogP) is 3.70. The van der Waals surface area contributed by atoms with Crippen LogP contribution < -0.4 is 0 Å². The average Bonchev–Trinajstić information content (AvgIpc) is 3.45. The van der Waals surface area contributed by atoms with E-state index in [1.807, 2.05) is 43.6 Å². The van der Waals surface area contributed by atoms with E-state index in [-0.39, 0.29) is 11.9 Å². The third-order valence-electron chi connectivity index (χ3n) is 4.83. The van der Waals surface area contributed by atoms with Crippen molar-refractivity contribution in [3.63, 3.8) is 0 Å². The van der Waals surface area contributed by atoms with Crippen LogP contribution in [-0.2, 0) is 12.8 Å². The van der Waals surface area contributed by atoms with Crippen molar-refractivity contribution in [2.45, 2.75) is 32.7 Å². The Kier molecular flexibility index (Phi) is 5.40.